The molecule has 5 aromatic rings. The van der Waals surface area contributed by atoms with Gasteiger partial charge in [-0.05, 0) is 37.8 Å². The van der Waals surface area contributed by atoms with Crippen molar-refractivity contribution in [2.45, 2.75) is 32.7 Å². The Labute approximate surface area is 223 Å². The van der Waals surface area contributed by atoms with Crippen LogP contribution in [0, 0.1) is 13.8 Å². The molecular weight excluding hydrogens is 502 g/mol. The maximum atomic E-state index is 13.4. The van der Waals surface area contributed by atoms with Crippen LogP contribution < -0.4 is 10.6 Å². The van der Waals surface area contributed by atoms with Crippen LogP contribution in [-0.2, 0) is 6.42 Å². The predicted molar refractivity (Wildman–Crippen MR) is 148 cm³/mol. The number of carbonyl (C=O) groups excluding carboxylic acids is 2. The van der Waals surface area contributed by atoms with Gasteiger partial charge in [0.25, 0.3) is 11.8 Å². The summed E-state index contributed by atoms with van der Waals surface area (Å²) < 4.78 is 1.80. The predicted octanol–water partition coefficient (Wildman–Crippen LogP) is 5.30. The average Bonchev–Trinajstić information content (AvgIpc) is 3.60. The van der Waals surface area contributed by atoms with Gasteiger partial charge in [0.1, 0.15) is 11.4 Å². The molecule has 0 saturated heterocycles. The fourth-order valence-electron chi connectivity index (χ4n) is 4.30. The fraction of sp³-hybridized carbons (Fsp3) is 0.214. The number of carbonyl (C=O) groups is 2. The third-order valence-electron chi connectivity index (χ3n) is 6.11. The maximum Gasteiger partial charge on any atom is 0.271 e. The molecule has 3 aromatic heterocycles. The number of rotatable bonds is 9. The van der Waals surface area contributed by atoms with E-state index in [9.17, 15) is 9.59 Å². The van der Waals surface area contributed by atoms with E-state index in [4.69, 9.17) is 0 Å². The normalized spacial score (nSPS) is 11.9. The third kappa shape index (κ3) is 5.63. The van der Waals surface area contributed by atoms with Crippen LogP contribution in [0.4, 0.5) is 0 Å². The largest absolute Gasteiger partial charge is 0.349 e. The van der Waals surface area contributed by atoms with Gasteiger partial charge in [-0.1, -0.05) is 60.7 Å². The smallest absolute Gasteiger partial charge is 0.271 e. The lowest BCUT2D eigenvalue weighted by molar-refractivity contribution is 0.0901. The van der Waals surface area contributed by atoms with Crippen molar-refractivity contribution < 1.29 is 9.59 Å². The van der Waals surface area contributed by atoms with Crippen molar-refractivity contribution in [2.24, 2.45) is 0 Å². The Bertz CT molecular complexity index is 1520. The second kappa shape index (κ2) is 11.1. The summed E-state index contributed by atoms with van der Waals surface area (Å²) in [6.07, 6.45) is 3.28. The lowest BCUT2D eigenvalue weighted by Gasteiger charge is -2.19. The summed E-state index contributed by atoms with van der Waals surface area (Å²) in [5, 5.41) is 8.90. The third-order valence-corrected chi connectivity index (χ3v) is 7.88. The van der Waals surface area contributed by atoms with Gasteiger partial charge >= 0.3 is 0 Å². The van der Waals surface area contributed by atoms with E-state index in [0.717, 1.165) is 26.8 Å². The number of amides is 2. The quantitative estimate of drug-likeness (QED) is 0.271. The Balaban J connectivity index is 1.34. The van der Waals surface area contributed by atoms with Crippen molar-refractivity contribution >= 4 is 39.4 Å². The molecule has 0 aliphatic rings. The molecule has 0 aliphatic carbocycles. The molecule has 0 aliphatic heterocycles. The minimum Gasteiger partial charge on any atom is -0.349 e. The van der Waals surface area contributed by atoms with E-state index in [0.29, 0.717) is 23.5 Å². The van der Waals surface area contributed by atoms with Gasteiger partial charge < -0.3 is 10.6 Å². The Morgan fingerprint density at radius 1 is 0.973 bits per heavy atom. The topological polar surface area (TPSA) is 88.4 Å². The van der Waals surface area contributed by atoms with Crippen LogP contribution in [-0.4, -0.2) is 38.8 Å². The number of aromatic nitrogens is 3. The molecule has 0 saturated carbocycles. The van der Waals surface area contributed by atoms with E-state index in [1.807, 2.05) is 74.0 Å². The lowest BCUT2D eigenvalue weighted by atomic mass is 10.0. The number of imidazole rings is 1. The number of aryl methyl sites for hydroxylation is 3. The molecule has 188 valence electrons. The number of nitrogens with zero attached hydrogens (tertiary/aromatic N) is 3. The highest BCUT2D eigenvalue weighted by molar-refractivity contribution is 7.15. The van der Waals surface area contributed by atoms with Gasteiger partial charge in [-0.3, -0.25) is 14.0 Å². The van der Waals surface area contributed by atoms with Gasteiger partial charge in [-0.15, -0.1) is 22.7 Å². The van der Waals surface area contributed by atoms with E-state index >= 15 is 0 Å². The summed E-state index contributed by atoms with van der Waals surface area (Å²) >= 11 is 2.99. The van der Waals surface area contributed by atoms with E-state index < -0.39 is 0 Å². The molecule has 2 N–H and O–H groups in total. The fourth-order valence-corrected chi connectivity index (χ4v) is 5.98. The van der Waals surface area contributed by atoms with Crippen molar-refractivity contribution in [2.75, 3.05) is 6.54 Å². The van der Waals surface area contributed by atoms with Crippen molar-refractivity contribution in [3.8, 4) is 10.4 Å². The molecule has 0 spiro atoms. The first-order valence-corrected chi connectivity index (χ1v) is 13.8. The number of fused-ring (bicyclic) bond motifs is 1. The zero-order valence-electron chi connectivity index (χ0n) is 20.6. The van der Waals surface area contributed by atoms with Crippen LogP contribution in [0.25, 0.3) is 15.4 Å². The summed E-state index contributed by atoms with van der Waals surface area (Å²) in [5.74, 6) is -0.451. The second-order valence-corrected chi connectivity index (χ2v) is 10.9. The Morgan fingerprint density at radius 3 is 2.46 bits per heavy atom. The van der Waals surface area contributed by atoms with Gasteiger partial charge in [0.15, 0.2) is 4.96 Å². The van der Waals surface area contributed by atoms with Gasteiger partial charge in [-0.2, -0.15) is 0 Å². The number of hydrogen-bond donors (Lipinski definition) is 2. The summed E-state index contributed by atoms with van der Waals surface area (Å²) in [6, 6.07) is 19.7. The highest BCUT2D eigenvalue weighted by atomic mass is 32.1. The molecule has 3 heterocycles. The van der Waals surface area contributed by atoms with Gasteiger partial charge in [-0.25, -0.2) is 9.97 Å². The molecule has 7 nitrogen and oxygen atoms in total. The van der Waals surface area contributed by atoms with E-state index in [2.05, 4.69) is 32.7 Å². The van der Waals surface area contributed by atoms with Crippen LogP contribution in [0.15, 0.2) is 72.2 Å². The summed E-state index contributed by atoms with van der Waals surface area (Å²) in [5.41, 5.74) is 3.75. The van der Waals surface area contributed by atoms with E-state index in [1.54, 1.807) is 4.40 Å². The van der Waals surface area contributed by atoms with Gasteiger partial charge in [0, 0.05) is 24.2 Å². The standard InChI is InChI=1S/C28H27N5O2S2/c1-18-24(33-15-16-36-28(33)30-18)27(35)29-17-22(14-13-20-9-5-3-6-10-20)32-26(34)23-25(37-19(2)31-23)21-11-7-4-8-12-21/h3-12,15-16,22H,13-14,17H2,1-2H3,(H,29,35)(H,32,34)/t22-/m1/s1. The van der Waals surface area contributed by atoms with Crippen LogP contribution >= 0.6 is 22.7 Å². The molecule has 0 radical (unpaired) electrons. The zero-order chi connectivity index (χ0) is 25.8. The summed E-state index contributed by atoms with van der Waals surface area (Å²) in [4.78, 5) is 37.2. The SMILES string of the molecule is Cc1nc(C(=O)N[C@H](CCc2ccccc2)CNC(=O)c2c(C)nc3sccn23)c(-c2ccccc2)s1. The van der Waals surface area contributed by atoms with Gasteiger partial charge in [0.2, 0.25) is 0 Å². The number of thiazole rings is 2. The average molecular weight is 530 g/mol. The van der Waals surface area contributed by atoms with Crippen LogP contribution in [0.2, 0.25) is 0 Å². The Kier molecular flexibility index (Phi) is 7.43. The summed E-state index contributed by atoms with van der Waals surface area (Å²) in [6.45, 7) is 4.02. The molecule has 1 atom stereocenters. The monoisotopic (exact) mass is 529 g/mol. The molecule has 37 heavy (non-hydrogen) atoms. The first-order valence-electron chi connectivity index (χ1n) is 12.1. The van der Waals surface area contributed by atoms with Crippen LogP contribution in [0.5, 0.6) is 0 Å². The highest BCUT2D eigenvalue weighted by Crippen LogP contribution is 2.30. The minimum absolute atomic E-state index is 0.211. The highest BCUT2D eigenvalue weighted by Gasteiger charge is 2.23. The van der Waals surface area contributed by atoms with Crippen LogP contribution in [0.3, 0.4) is 0 Å². The molecule has 0 fully saturated rings. The maximum absolute atomic E-state index is 13.4. The van der Waals surface area contributed by atoms with Crippen molar-refractivity contribution in [3.63, 3.8) is 0 Å². The minimum atomic E-state index is -0.284. The number of benzene rings is 2. The first-order chi connectivity index (χ1) is 18.0. The molecule has 0 bridgehead atoms. The van der Waals surface area contributed by atoms with Gasteiger partial charge in [0.05, 0.1) is 15.6 Å². The zero-order valence-corrected chi connectivity index (χ0v) is 22.2. The first kappa shape index (κ1) is 24.9. The number of hydrogen-bond acceptors (Lipinski definition) is 6. The molecule has 0 unspecified atom stereocenters. The second-order valence-electron chi connectivity index (χ2n) is 8.78. The van der Waals surface area contributed by atoms with E-state index in [1.165, 1.54) is 28.2 Å². The Morgan fingerprint density at radius 2 is 1.70 bits per heavy atom. The Hall–Kier alpha value is -3.82. The van der Waals surface area contributed by atoms with Crippen molar-refractivity contribution in [1.82, 2.24) is 25.0 Å². The molecular formula is C28H27N5O2S2. The number of nitrogens with one attached hydrogen (secondary N) is 2. The molecule has 9 heteroatoms. The van der Waals surface area contributed by atoms with Crippen molar-refractivity contribution in [3.05, 3.63) is 99.9 Å². The lowest BCUT2D eigenvalue weighted by Crippen LogP contribution is -2.44. The van der Waals surface area contributed by atoms with Crippen LogP contribution in [0.1, 0.15) is 43.7 Å². The van der Waals surface area contributed by atoms with Crippen molar-refractivity contribution in [1.29, 1.82) is 0 Å². The molecule has 5 rings (SSSR count). The molecule has 2 amide bonds. The summed E-state index contributed by atoms with van der Waals surface area (Å²) in [7, 11) is 0. The van der Waals surface area contributed by atoms with E-state index in [-0.39, 0.29) is 24.4 Å². The molecule has 2 aromatic carbocycles.